The number of carbonyl (C=O) groups excluding carboxylic acids is 1. The molecule has 1 atom stereocenters. The largest absolute Gasteiger partial charge is 0.486 e. The summed E-state index contributed by atoms with van der Waals surface area (Å²) in [5.74, 6) is 1.44. The van der Waals surface area contributed by atoms with Crippen molar-refractivity contribution in [2.75, 3.05) is 18.5 Å². The standard InChI is InChI=1S/C16H16N2O3S/c19-15-6-12-13(18-15)3-4-14-16(12)21-10(9-20-14)7-17-8-11-2-1-5-22-11/h1-5,10,17H,6-9H2,(H,18,19). The Bertz CT molecular complexity index is 700. The average Bonchev–Trinajstić information content (AvgIpc) is 3.15. The highest BCUT2D eigenvalue weighted by Gasteiger charge is 2.29. The topological polar surface area (TPSA) is 59.6 Å². The number of nitrogens with one attached hydrogen (secondary N) is 2. The van der Waals surface area contributed by atoms with Gasteiger partial charge in [0.15, 0.2) is 11.5 Å². The highest BCUT2D eigenvalue weighted by Crippen LogP contribution is 2.41. The fourth-order valence-electron chi connectivity index (χ4n) is 2.75. The van der Waals surface area contributed by atoms with Crippen LogP contribution < -0.4 is 20.1 Å². The number of carbonyl (C=O) groups is 1. The second kappa shape index (κ2) is 5.62. The van der Waals surface area contributed by atoms with Gasteiger partial charge in [-0.05, 0) is 23.6 Å². The zero-order valence-corrected chi connectivity index (χ0v) is 12.7. The number of rotatable bonds is 4. The third-order valence-electron chi connectivity index (χ3n) is 3.80. The van der Waals surface area contributed by atoms with Crippen molar-refractivity contribution in [3.8, 4) is 11.5 Å². The average molecular weight is 316 g/mol. The van der Waals surface area contributed by atoms with Gasteiger partial charge in [-0.25, -0.2) is 0 Å². The molecule has 0 fully saturated rings. The van der Waals surface area contributed by atoms with Crippen LogP contribution in [0.5, 0.6) is 11.5 Å². The van der Waals surface area contributed by atoms with Crippen LogP contribution in [-0.4, -0.2) is 25.2 Å². The molecule has 5 nitrogen and oxygen atoms in total. The Labute approximate surface area is 132 Å². The molecule has 114 valence electrons. The normalized spacial score (nSPS) is 18.9. The number of thiophene rings is 1. The summed E-state index contributed by atoms with van der Waals surface area (Å²) in [6.07, 6.45) is 0.312. The minimum Gasteiger partial charge on any atom is -0.486 e. The maximum absolute atomic E-state index is 11.6. The van der Waals surface area contributed by atoms with E-state index in [-0.39, 0.29) is 12.0 Å². The van der Waals surface area contributed by atoms with Crippen molar-refractivity contribution in [3.63, 3.8) is 0 Å². The fraction of sp³-hybridized carbons (Fsp3) is 0.312. The fourth-order valence-corrected chi connectivity index (χ4v) is 3.42. The van der Waals surface area contributed by atoms with E-state index >= 15 is 0 Å². The Kier molecular flexibility index (Phi) is 3.48. The quantitative estimate of drug-likeness (QED) is 0.907. The molecule has 1 aromatic heterocycles. The van der Waals surface area contributed by atoms with E-state index in [1.165, 1.54) is 4.88 Å². The molecule has 0 bridgehead atoms. The summed E-state index contributed by atoms with van der Waals surface area (Å²) in [4.78, 5) is 12.9. The molecule has 2 aliphatic heterocycles. The number of fused-ring (bicyclic) bond motifs is 3. The lowest BCUT2D eigenvalue weighted by Crippen LogP contribution is -2.38. The number of benzene rings is 1. The maximum Gasteiger partial charge on any atom is 0.229 e. The lowest BCUT2D eigenvalue weighted by molar-refractivity contribution is -0.115. The molecule has 0 aliphatic carbocycles. The van der Waals surface area contributed by atoms with Gasteiger partial charge in [-0.2, -0.15) is 0 Å². The van der Waals surface area contributed by atoms with Gasteiger partial charge >= 0.3 is 0 Å². The lowest BCUT2D eigenvalue weighted by Gasteiger charge is -2.28. The lowest BCUT2D eigenvalue weighted by atomic mass is 10.1. The van der Waals surface area contributed by atoms with E-state index in [1.807, 2.05) is 18.2 Å². The first kappa shape index (κ1) is 13.6. The first-order valence-electron chi connectivity index (χ1n) is 7.28. The minimum absolute atomic E-state index is 0.00458. The Morgan fingerprint density at radius 1 is 1.36 bits per heavy atom. The van der Waals surface area contributed by atoms with Gasteiger partial charge in [0.05, 0.1) is 6.42 Å². The molecular weight excluding hydrogens is 300 g/mol. The van der Waals surface area contributed by atoms with E-state index in [2.05, 4.69) is 22.1 Å². The molecule has 0 saturated heterocycles. The Morgan fingerprint density at radius 2 is 2.32 bits per heavy atom. The van der Waals surface area contributed by atoms with Crippen LogP contribution in [0, 0.1) is 0 Å². The number of ether oxygens (including phenoxy) is 2. The molecule has 22 heavy (non-hydrogen) atoms. The molecular formula is C16H16N2O3S. The van der Waals surface area contributed by atoms with Crippen molar-refractivity contribution in [3.05, 3.63) is 40.1 Å². The Morgan fingerprint density at radius 3 is 3.18 bits per heavy atom. The highest BCUT2D eigenvalue weighted by atomic mass is 32.1. The molecule has 1 aromatic carbocycles. The summed E-state index contributed by atoms with van der Waals surface area (Å²) in [5, 5.41) is 8.29. The molecule has 0 spiro atoms. The van der Waals surface area contributed by atoms with Crippen molar-refractivity contribution < 1.29 is 14.3 Å². The molecule has 0 saturated carbocycles. The van der Waals surface area contributed by atoms with E-state index in [0.717, 1.165) is 23.5 Å². The zero-order valence-electron chi connectivity index (χ0n) is 11.9. The predicted molar refractivity (Wildman–Crippen MR) is 84.7 cm³/mol. The first-order valence-corrected chi connectivity index (χ1v) is 8.16. The van der Waals surface area contributed by atoms with Crippen LogP contribution in [0.1, 0.15) is 10.4 Å². The summed E-state index contributed by atoms with van der Waals surface area (Å²) in [7, 11) is 0. The van der Waals surface area contributed by atoms with E-state index in [4.69, 9.17) is 9.47 Å². The monoisotopic (exact) mass is 316 g/mol. The molecule has 1 unspecified atom stereocenters. The summed E-state index contributed by atoms with van der Waals surface area (Å²) >= 11 is 1.73. The molecule has 2 aliphatic rings. The van der Waals surface area contributed by atoms with Gasteiger partial charge in [-0.3, -0.25) is 4.79 Å². The SMILES string of the molecule is O=C1Cc2c(ccc3c2OC(CNCc2cccs2)CO3)N1. The van der Waals surface area contributed by atoms with Crippen LogP contribution >= 0.6 is 11.3 Å². The van der Waals surface area contributed by atoms with Gasteiger partial charge in [0, 0.05) is 29.2 Å². The molecule has 3 heterocycles. The Balaban J connectivity index is 1.43. The summed E-state index contributed by atoms with van der Waals surface area (Å²) in [6.45, 7) is 2.06. The van der Waals surface area contributed by atoms with Crippen LogP contribution in [0.4, 0.5) is 5.69 Å². The van der Waals surface area contributed by atoms with Crippen LogP contribution in [-0.2, 0) is 17.8 Å². The van der Waals surface area contributed by atoms with Gasteiger partial charge < -0.3 is 20.1 Å². The van der Waals surface area contributed by atoms with Crippen LogP contribution in [0.15, 0.2) is 29.6 Å². The van der Waals surface area contributed by atoms with Gasteiger partial charge in [0.2, 0.25) is 5.91 Å². The Hall–Kier alpha value is -2.05. The van der Waals surface area contributed by atoms with Crippen LogP contribution in [0.25, 0.3) is 0 Å². The second-order valence-electron chi connectivity index (χ2n) is 5.41. The maximum atomic E-state index is 11.6. The van der Waals surface area contributed by atoms with E-state index in [1.54, 1.807) is 11.3 Å². The molecule has 6 heteroatoms. The summed E-state index contributed by atoms with van der Waals surface area (Å²) in [5.41, 5.74) is 1.74. The molecule has 2 N–H and O–H groups in total. The highest BCUT2D eigenvalue weighted by molar-refractivity contribution is 7.09. The molecule has 2 aromatic rings. The van der Waals surface area contributed by atoms with Crippen molar-refractivity contribution in [1.29, 1.82) is 0 Å². The van der Waals surface area contributed by atoms with Gasteiger partial charge in [-0.1, -0.05) is 6.07 Å². The van der Waals surface area contributed by atoms with Crippen molar-refractivity contribution >= 4 is 22.9 Å². The molecule has 1 amide bonds. The van der Waals surface area contributed by atoms with Crippen LogP contribution in [0.3, 0.4) is 0 Å². The smallest absolute Gasteiger partial charge is 0.229 e. The van der Waals surface area contributed by atoms with Gasteiger partial charge in [0.25, 0.3) is 0 Å². The number of hydrogen-bond donors (Lipinski definition) is 2. The number of anilines is 1. The predicted octanol–water partition coefficient (Wildman–Crippen LogP) is 2.17. The van der Waals surface area contributed by atoms with Gasteiger partial charge in [-0.15, -0.1) is 11.3 Å². The van der Waals surface area contributed by atoms with Crippen molar-refractivity contribution in [2.45, 2.75) is 19.1 Å². The third-order valence-corrected chi connectivity index (χ3v) is 4.67. The third kappa shape index (κ3) is 2.55. The minimum atomic E-state index is -0.0466. The van der Waals surface area contributed by atoms with Gasteiger partial charge in [0.1, 0.15) is 12.7 Å². The summed E-state index contributed by atoms with van der Waals surface area (Å²) < 4.78 is 11.8. The van der Waals surface area contributed by atoms with E-state index < -0.39 is 0 Å². The first-order chi connectivity index (χ1) is 10.8. The van der Waals surface area contributed by atoms with E-state index in [9.17, 15) is 4.79 Å². The van der Waals surface area contributed by atoms with E-state index in [0.29, 0.717) is 25.3 Å². The molecule has 0 radical (unpaired) electrons. The number of hydrogen-bond acceptors (Lipinski definition) is 5. The van der Waals surface area contributed by atoms with Crippen LogP contribution in [0.2, 0.25) is 0 Å². The summed E-state index contributed by atoms with van der Waals surface area (Å²) in [6, 6.07) is 7.88. The zero-order chi connectivity index (χ0) is 14.9. The van der Waals surface area contributed by atoms with Crippen molar-refractivity contribution in [1.82, 2.24) is 5.32 Å². The van der Waals surface area contributed by atoms with Crippen molar-refractivity contribution in [2.24, 2.45) is 0 Å². The second-order valence-corrected chi connectivity index (χ2v) is 6.44. The molecule has 4 rings (SSSR count). The number of amides is 1.